The molecule has 34 heavy (non-hydrogen) atoms. The standard InChI is InChI=1S/C25H23N9/c1-15-13-18(22-23(26)33-34-24(22)28-15)14-17-9-5-6-10-19(17)29-25(27)30-21-12-11-20(31-32-21)16-7-3-2-4-8-16/h2-13H,14H2,1H3,(H3,26,28,33,34)(H3,27,29,30,32). The number of aliphatic imine (C=N–C) groups is 1. The van der Waals surface area contributed by atoms with Crippen LogP contribution in [0.25, 0.3) is 22.3 Å². The van der Waals surface area contributed by atoms with Crippen LogP contribution in [0.4, 0.5) is 17.3 Å². The predicted molar refractivity (Wildman–Crippen MR) is 135 cm³/mol. The molecule has 5 aromatic rings. The van der Waals surface area contributed by atoms with Gasteiger partial charge in [-0.1, -0.05) is 48.5 Å². The maximum Gasteiger partial charge on any atom is 0.199 e. The van der Waals surface area contributed by atoms with Gasteiger partial charge < -0.3 is 16.8 Å². The Morgan fingerprint density at radius 2 is 1.76 bits per heavy atom. The van der Waals surface area contributed by atoms with Gasteiger partial charge in [-0.2, -0.15) is 10.1 Å². The van der Waals surface area contributed by atoms with Gasteiger partial charge in [0.1, 0.15) is 5.82 Å². The van der Waals surface area contributed by atoms with E-state index in [2.05, 4.69) is 35.7 Å². The summed E-state index contributed by atoms with van der Waals surface area (Å²) in [5, 5.41) is 19.5. The first-order valence-corrected chi connectivity index (χ1v) is 10.7. The second-order valence-corrected chi connectivity index (χ2v) is 7.86. The Morgan fingerprint density at radius 3 is 2.56 bits per heavy atom. The fourth-order valence-electron chi connectivity index (χ4n) is 3.84. The number of hydrogen-bond acceptors (Lipinski definition) is 6. The van der Waals surface area contributed by atoms with Crippen molar-refractivity contribution in [2.75, 3.05) is 11.1 Å². The number of aryl methyl sites for hydroxylation is 1. The van der Waals surface area contributed by atoms with Crippen molar-refractivity contribution in [3.8, 4) is 11.3 Å². The second-order valence-electron chi connectivity index (χ2n) is 7.86. The van der Waals surface area contributed by atoms with Crippen molar-refractivity contribution in [1.29, 1.82) is 0 Å². The summed E-state index contributed by atoms with van der Waals surface area (Å²) in [5.74, 6) is 1.13. The van der Waals surface area contributed by atoms with E-state index in [1.165, 1.54) is 0 Å². The summed E-state index contributed by atoms with van der Waals surface area (Å²) >= 11 is 0. The van der Waals surface area contributed by atoms with Gasteiger partial charge in [0.15, 0.2) is 17.4 Å². The molecular weight excluding hydrogens is 426 g/mol. The first-order valence-electron chi connectivity index (χ1n) is 10.7. The van der Waals surface area contributed by atoms with Gasteiger partial charge in [0.2, 0.25) is 0 Å². The van der Waals surface area contributed by atoms with E-state index in [9.17, 15) is 0 Å². The fraction of sp³-hybridized carbons (Fsp3) is 0.0800. The highest BCUT2D eigenvalue weighted by Gasteiger charge is 2.13. The molecule has 0 aliphatic rings. The van der Waals surface area contributed by atoms with Gasteiger partial charge in [0, 0.05) is 23.4 Å². The minimum Gasteiger partial charge on any atom is -0.384 e. The number of H-pyrrole nitrogens is 1. The first kappa shape index (κ1) is 21.1. The van der Waals surface area contributed by atoms with Gasteiger partial charge in [-0.05, 0) is 42.3 Å². The average molecular weight is 450 g/mol. The summed E-state index contributed by atoms with van der Waals surface area (Å²) in [7, 11) is 0. The predicted octanol–water partition coefficient (Wildman–Crippen LogP) is 3.95. The smallest absolute Gasteiger partial charge is 0.199 e. The zero-order valence-corrected chi connectivity index (χ0v) is 18.5. The van der Waals surface area contributed by atoms with Crippen LogP contribution in [0.3, 0.4) is 0 Å². The third-order valence-electron chi connectivity index (χ3n) is 5.38. The van der Waals surface area contributed by atoms with Gasteiger partial charge in [-0.3, -0.25) is 5.10 Å². The van der Waals surface area contributed by atoms with E-state index in [0.29, 0.717) is 23.7 Å². The molecule has 0 spiro atoms. The van der Waals surface area contributed by atoms with Crippen LogP contribution in [0.15, 0.2) is 77.8 Å². The molecule has 3 heterocycles. The third kappa shape index (κ3) is 4.40. The molecule has 0 unspecified atom stereocenters. The highest BCUT2D eigenvalue weighted by Crippen LogP contribution is 2.27. The van der Waals surface area contributed by atoms with Crippen molar-refractivity contribution in [1.82, 2.24) is 25.4 Å². The van der Waals surface area contributed by atoms with Crippen LogP contribution in [0.2, 0.25) is 0 Å². The molecule has 0 atom stereocenters. The number of aromatic nitrogens is 5. The van der Waals surface area contributed by atoms with Gasteiger partial charge in [-0.25, -0.2) is 4.98 Å². The Bertz CT molecular complexity index is 1470. The SMILES string of the molecule is Cc1cc(Cc2ccccc2NC(N)=Nc2ccc(-c3ccccc3)nn2)c2c(N)[nH]nc2n1. The summed E-state index contributed by atoms with van der Waals surface area (Å²) in [4.78, 5) is 8.82. The molecule has 0 radical (unpaired) electrons. The van der Waals surface area contributed by atoms with Crippen molar-refractivity contribution in [2.45, 2.75) is 13.3 Å². The number of nitrogens with one attached hydrogen (secondary N) is 2. The molecular formula is C25H23N9. The average Bonchev–Trinajstić information content (AvgIpc) is 3.21. The Morgan fingerprint density at radius 1 is 0.971 bits per heavy atom. The first-order chi connectivity index (χ1) is 16.6. The number of fused-ring (bicyclic) bond motifs is 1. The van der Waals surface area contributed by atoms with E-state index in [0.717, 1.165) is 39.2 Å². The van der Waals surface area contributed by atoms with Crippen LogP contribution >= 0.6 is 0 Å². The van der Waals surface area contributed by atoms with Crippen molar-refractivity contribution < 1.29 is 0 Å². The van der Waals surface area contributed by atoms with Crippen LogP contribution < -0.4 is 16.8 Å². The molecule has 0 aliphatic heterocycles. The number of benzene rings is 2. The maximum atomic E-state index is 6.20. The number of aromatic amines is 1. The summed E-state index contributed by atoms with van der Waals surface area (Å²) in [5.41, 5.74) is 18.4. The quantitative estimate of drug-likeness (QED) is 0.235. The van der Waals surface area contributed by atoms with E-state index in [1.54, 1.807) is 6.07 Å². The Kier molecular flexibility index (Phi) is 5.57. The summed E-state index contributed by atoms with van der Waals surface area (Å²) in [6.45, 7) is 1.94. The fourth-order valence-corrected chi connectivity index (χ4v) is 3.84. The molecule has 5 rings (SSSR count). The van der Waals surface area contributed by atoms with Gasteiger partial charge >= 0.3 is 0 Å². The number of anilines is 2. The minimum atomic E-state index is 0.216. The molecule has 3 aromatic heterocycles. The number of guanidine groups is 1. The van der Waals surface area contributed by atoms with Crippen molar-refractivity contribution in [2.24, 2.45) is 10.7 Å². The normalized spacial score (nSPS) is 11.6. The topological polar surface area (TPSA) is 144 Å². The van der Waals surface area contributed by atoms with E-state index >= 15 is 0 Å². The lowest BCUT2D eigenvalue weighted by molar-refractivity contribution is 1.03. The van der Waals surface area contributed by atoms with Gasteiger partial charge in [0.05, 0.1) is 11.1 Å². The number of pyridine rings is 1. The maximum absolute atomic E-state index is 6.20. The Hall–Kier alpha value is -4.79. The molecule has 0 bridgehead atoms. The molecule has 2 aromatic carbocycles. The van der Waals surface area contributed by atoms with E-state index in [1.807, 2.05) is 73.7 Å². The molecule has 9 nitrogen and oxygen atoms in total. The molecule has 6 N–H and O–H groups in total. The summed E-state index contributed by atoms with van der Waals surface area (Å²) in [6.07, 6.45) is 0.617. The highest BCUT2D eigenvalue weighted by molar-refractivity contribution is 5.95. The number of nitrogens with zero attached hydrogens (tertiary/aromatic N) is 5. The van der Waals surface area contributed by atoms with E-state index < -0.39 is 0 Å². The van der Waals surface area contributed by atoms with Crippen molar-refractivity contribution >= 4 is 34.3 Å². The zero-order chi connectivity index (χ0) is 23.5. The van der Waals surface area contributed by atoms with E-state index in [4.69, 9.17) is 11.5 Å². The number of nitrogen functional groups attached to an aromatic ring is 1. The number of rotatable bonds is 5. The van der Waals surface area contributed by atoms with Gasteiger partial charge in [-0.15, -0.1) is 10.2 Å². The Labute approximate surface area is 196 Å². The molecule has 0 saturated carbocycles. The van der Waals surface area contributed by atoms with Crippen molar-refractivity contribution in [3.05, 3.63) is 89.6 Å². The second kappa shape index (κ2) is 8.99. The lowest BCUT2D eigenvalue weighted by Crippen LogP contribution is -2.23. The zero-order valence-electron chi connectivity index (χ0n) is 18.5. The van der Waals surface area contributed by atoms with Gasteiger partial charge in [0.25, 0.3) is 0 Å². The number of hydrogen-bond donors (Lipinski definition) is 4. The lowest BCUT2D eigenvalue weighted by atomic mass is 10.0. The van der Waals surface area contributed by atoms with Crippen LogP contribution in [0.1, 0.15) is 16.8 Å². The third-order valence-corrected chi connectivity index (χ3v) is 5.38. The van der Waals surface area contributed by atoms with E-state index in [-0.39, 0.29) is 5.96 Å². The molecule has 9 heteroatoms. The van der Waals surface area contributed by atoms with Crippen molar-refractivity contribution in [3.63, 3.8) is 0 Å². The van der Waals surface area contributed by atoms with Crippen LogP contribution in [-0.4, -0.2) is 31.3 Å². The summed E-state index contributed by atoms with van der Waals surface area (Å²) in [6, 6.07) is 23.4. The molecule has 0 fully saturated rings. The molecule has 0 aliphatic carbocycles. The van der Waals surface area contributed by atoms with Crippen LogP contribution in [0, 0.1) is 6.92 Å². The molecule has 168 valence electrons. The number of para-hydroxylation sites is 1. The molecule has 0 amide bonds. The number of nitrogens with two attached hydrogens (primary N) is 2. The summed E-state index contributed by atoms with van der Waals surface area (Å²) < 4.78 is 0. The lowest BCUT2D eigenvalue weighted by Gasteiger charge is -2.12. The van der Waals surface area contributed by atoms with Crippen LogP contribution in [0.5, 0.6) is 0 Å². The Balaban J connectivity index is 1.38. The van der Waals surface area contributed by atoms with Crippen LogP contribution in [-0.2, 0) is 6.42 Å². The highest BCUT2D eigenvalue weighted by atomic mass is 15.2. The monoisotopic (exact) mass is 449 g/mol. The molecule has 0 saturated heterocycles. The largest absolute Gasteiger partial charge is 0.384 e. The minimum absolute atomic E-state index is 0.216.